The number of anilines is 1. The van der Waals surface area contributed by atoms with Gasteiger partial charge in [-0.05, 0) is 30.2 Å². The van der Waals surface area contributed by atoms with E-state index in [4.69, 9.17) is 0 Å². The van der Waals surface area contributed by atoms with E-state index in [1.165, 1.54) is 22.4 Å². The van der Waals surface area contributed by atoms with Crippen LogP contribution in [0.3, 0.4) is 0 Å². The van der Waals surface area contributed by atoms with E-state index in [-0.39, 0.29) is 0 Å². The summed E-state index contributed by atoms with van der Waals surface area (Å²) in [5.74, 6) is 0.808. The lowest BCUT2D eigenvalue weighted by atomic mass is 10.1. The van der Waals surface area contributed by atoms with Crippen molar-refractivity contribution in [1.29, 1.82) is 0 Å². The lowest BCUT2D eigenvalue weighted by Crippen LogP contribution is -2.36. The number of aliphatic imine (C=N–C) groups is 1. The van der Waals surface area contributed by atoms with Gasteiger partial charge in [-0.15, -0.1) is 0 Å². The summed E-state index contributed by atoms with van der Waals surface area (Å²) >= 11 is 0. The minimum absolute atomic E-state index is 0.751. The number of hydrogen-bond acceptors (Lipinski definition) is 2. The number of hydrogen-bond donors (Lipinski definition) is 2. The normalized spacial score (nSPS) is 11.2. The highest BCUT2D eigenvalue weighted by atomic mass is 15.2. The second-order valence-corrected chi connectivity index (χ2v) is 5.83. The predicted molar refractivity (Wildman–Crippen MR) is 99.0 cm³/mol. The number of aryl methyl sites for hydroxylation is 1. The number of nitrogens with one attached hydrogen (secondary N) is 2. The van der Waals surface area contributed by atoms with E-state index < -0.39 is 0 Å². The summed E-state index contributed by atoms with van der Waals surface area (Å²) in [5.41, 5.74) is 4.95. The molecule has 2 aromatic rings. The first-order chi connectivity index (χ1) is 11.1. The molecule has 0 aliphatic heterocycles. The van der Waals surface area contributed by atoms with Gasteiger partial charge in [-0.25, -0.2) is 0 Å². The molecule has 0 unspecified atom stereocenters. The van der Waals surface area contributed by atoms with E-state index in [9.17, 15) is 0 Å². The van der Waals surface area contributed by atoms with Crippen LogP contribution in [0.5, 0.6) is 0 Å². The summed E-state index contributed by atoms with van der Waals surface area (Å²) < 4.78 is 0. The fourth-order valence-electron chi connectivity index (χ4n) is 2.21. The van der Waals surface area contributed by atoms with Crippen molar-refractivity contribution in [2.24, 2.45) is 4.99 Å². The van der Waals surface area contributed by atoms with Gasteiger partial charge in [-0.1, -0.05) is 42.0 Å². The standard InChI is InChI=1S/C19H26N4/c1-15-5-7-16(8-6-15)13-21-19(20-2)22-14-17-9-11-18(12-10-17)23(3)4/h5-12H,13-14H2,1-4H3,(H2,20,21,22). The maximum atomic E-state index is 4.27. The van der Waals surface area contributed by atoms with E-state index in [0.29, 0.717) is 0 Å². The molecule has 0 saturated carbocycles. The largest absolute Gasteiger partial charge is 0.378 e. The molecule has 0 radical (unpaired) electrons. The average Bonchev–Trinajstić information content (AvgIpc) is 2.57. The topological polar surface area (TPSA) is 39.7 Å². The summed E-state index contributed by atoms with van der Waals surface area (Å²) in [5, 5.41) is 6.68. The van der Waals surface area contributed by atoms with Gasteiger partial charge < -0.3 is 15.5 Å². The van der Waals surface area contributed by atoms with Crippen LogP contribution in [0.1, 0.15) is 16.7 Å². The van der Waals surface area contributed by atoms with Gasteiger partial charge in [-0.3, -0.25) is 4.99 Å². The molecule has 0 spiro atoms. The SMILES string of the molecule is CN=C(NCc1ccc(C)cc1)NCc1ccc(N(C)C)cc1. The molecule has 0 saturated heterocycles. The minimum Gasteiger partial charge on any atom is -0.378 e. The van der Waals surface area contributed by atoms with Crippen molar-refractivity contribution in [2.75, 3.05) is 26.0 Å². The smallest absolute Gasteiger partial charge is 0.191 e. The van der Waals surface area contributed by atoms with E-state index in [1.54, 1.807) is 7.05 Å². The van der Waals surface area contributed by atoms with Gasteiger partial charge in [0, 0.05) is 39.9 Å². The lowest BCUT2D eigenvalue weighted by molar-refractivity contribution is 0.809. The van der Waals surface area contributed by atoms with Gasteiger partial charge in [-0.2, -0.15) is 0 Å². The van der Waals surface area contributed by atoms with Crippen molar-refractivity contribution in [3.05, 3.63) is 65.2 Å². The molecule has 0 aromatic heterocycles. The third-order valence-corrected chi connectivity index (χ3v) is 3.72. The fraction of sp³-hybridized carbons (Fsp3) is 0.316. The molecular weight excluding hydrogens is 284 g/mol. The Balaban J connectivity index is 1.84. The second-order valence-electron chi connectivity index (χ2n) is 5.83. The van der Waals surface area contributed by atoms with Crippen molar-refractivity contribution < 1.29 is 0 Å². The molecule has 0 atom stereocenters. The Labute approximate surface area is 139 Å². The molecular formula is C19H26N4. The van der Waals surface area contributed by atoms with Crippen LogP contribution in [0.15, 0.2) is 53.5 Å². The predicted octanol–water partition coefficient (Wildman–Crippen LogP) is 2.93. The quantitative estimate of drug-likeness (QED) is 0.659. The molecule has 2 rings (SSSR count). The highest BCUT2D eigenvalue weighted by Gasteiger charge is 2.00. The van der Waals surface area contributed by atoms with Crippen molar-refractivity contribution >= 4 is 11.6 Å². The number of nitrogens with zero attached hydrogens (tertiary/aromatic N) is 2. The second kappa shape index (κ2) is 8.22. The van der Waals surface area contributed by atoms with Crippen LogP contribution in [0, 0.1) is 6.92 Å². The molecule has 2 N–H and O–H groups in total. The monoisotopic (exact) mass is 310 g/mol. The van der Waals surface area contributed by atoms with Crippen LogP contribution in [0.25, 0.3) is 0 Å². The Morgan fingerprint density at radius 3 is 1.78 bits per heavy atom. The van der Waals surface area contributed by atoms with Gasteiger partial charge in [0.2, 0.25) is 0 Å². The zero-order valence-corrected chi connectivity index (χ0v) is 14.4. The molecule has 0 amide bonds. The zero-order valence-electron chi connectivity index (χ0n) is 14.4. The molecule has 122 valence electrons. The number of benzene rings is 2. The van der Waals surface area contributed by atoms with Crippen LogP contribution < -0.4 is 15.5 Å². The van der Waals surface area contributed by atoms with Crippen LogP contribution in [-0.4, -0.2) is 27.1 Å². The van der Waals surface area contributed by atoms with E-state index in [1.807, 2.05) is 14.1 Å². The average molecular weight is 310 g/mol. The first-order valence-corrected chi connectivity index (χ1v) is 7.85. The highest BCUT2D eigenvalue weighted by Crippen LogP contribution is 2.11. The first-order valence-electron chi connectivity index (χ1n) is 7.85. The molecule has 0 fully saturated rings. The molecule has 4 heteroatoms. The molecule has 2 aromatic carbocycles. The van der Waals surface area contributed by atoms with Gasteiger partial charge in [0.25, 0.3) is 0 Å². The zero-order chi connectivity index (χ0) is 16.7. The van der Waals surface area contributed by atoms with Crippen LogP contribution in [0.2, 0.25) is 0 Å². The Morgan fingerprint density at radius 1 is 0.870 bits per heavy atom. The third-order valence-electron chi connectivity index (χ3n) is 3.72. The van der Waals surface area contributed by atoms with Crippen LogP contribution in [-0.2, 0) is 13.1 Å². The van der Waals surface area contributed by atoms with E-state index in [0.717, 1.165) is 19.0 Å². The number of guanidine groups is 1. The highest BCUT2D eigenvalue weighted by molar-refractivity contribution is 5.79. The lowest BCUT2D eigenvalue weighted by Gasteiger charge is -2.14. The van der Waals surface area contributed by atoms with Gasteiger partial charge in [0.15, 0.2) is 5.96 Å². The summed E-state index contributed by atoms with van der Waals surface area (Å²) in [6, 6.07) is 17.0. The van der Waals surface area contributed by atoms with E-state index in [2.05, 4.69) is 76.0 Å². The molecule has 0 aliphatic rings. The van der Waals surface area contributed by atoms with Gasteiger partial charge >= 0.3 is 0 Å². The Kier molecular flexibility index (Phi) is 6.03. The summed E-state index contributed by atoms with van der Waals surface area (Å²) in [4.78, 5) is 6.36. The maximum Gasteiger partial charge on any atom is 0.191 e. The molecule has 0 bridgehead atoms. The molecule has 23 heavy (non-hydrogen) atoms. The summed E-state index contributed by atoms with van der Waals surface area (Å²) in [7, 11) is 5.88. The maximum absolute atomic E-state index is 4.27. The van der Waals surface area contributed by atoms with Crippen molar-refractivity contribution in [3.63, 3.8) is 0 Å². The third kappa shape index (κ3) is 5.33. The first kappa shape index (κ1) is 16.9. The molecule has 0 aliphatic carbocycles. The molecule has 4 nitrogen and oxygen atoms in total. The van der Waals surface area contributed by atoms with Crippen molar-refractivity contribution in [1.82, 2.24) is 10.6 Å². The molecule has 0 heterocycles. The van der Waals surface area contributed by atoms with Gasteiger partial charge in [0.05, 0.1) is 0 Å². The van der Waals surface area contributed by atoms with Crippen LogP contribution >= 0.6 is 0 Å². The number of rotatable bonds is 5. The summed E-state index contributed by atoms with van der Waals surface area (Å²) in [6.45, 7) is 3.61. The fourth-order valence-corrected chi connectivity index (χ4v) is 2.21. The van der Waals surface area contributed by atoms with Crippen molar-refractivity contribution in [2.45, 2.75) is 20.0 Å². The minimum atomic E-state index is 0.751. The van der Waals surface area contributed by atoms with Crippen molar-refractivity contribution in [3.8, 4) is 0 Å². The van der Waals surface area contributed by atoms with Crippen LogP contribution in [0.4, 0.5) is 5.69 Å². The summed E-state index contributed by atoms with van der Waals surface area (Å²) in [6.07, 6.45) is 0. The van der Waals surface area contributed by atoms with Gasteiger partial charge in [0.1, 0.15) is 0 Å². The van der Waals surface area contributed by atoms with E-state index >= 15 is 0 Å². The Hall–Kier alpha value is -2.49. The Morgan fingerprint density at radius 2 is 1.35 bits per heavy atom. The Bertz CT molecular complexity index is 627.